The van der Waals surface area contributed by atoms with Gasteiger partial charge in [-0.1, -0.05) is 26.2 Å². The van der Waals surface area contributed by atoms with Crippen molar-refractivity contribution in [2.24, 2.45) is 0 Å². The number of phenols is 1. The monoisotopic (exact) mass is 474 g/mol. The first-order chi connectivity index (χ1) is 16.5. The van der Waals surface area contributed by atoms with Gasteiger partial charge < -0.3 is 14.6 Å². The number of carbonyl (C=O) groups excluding carboxylic acids is 2. The van der Waals surface area contributed by atoms with Gasteiger partial charge in [0.05, 0.1) is 25.3 Å². The van der Waals surface area contributed by atoms with Gasteiger partial charge in [0.2, 0.25) is 0 Å². The maximum absolute atomic E-state index is 11.7. The number of carbonyl (C=O) groups is 2. The van der Waals surface area contributed by atoms with Gasteiger partial charge in [-0.2, -0.15) is 4.80 Å². The van der Waals surface area contributed by atoms with E-state index in [9.17, 15) is 14.7 Å². The number of tetrazole rings is 1. The van der Waals surface area contributed by atoms with Crippen LogP contribution in [0.4, 0.5) is 0 Å². The maximum Gasteiger partial charge on any atom is 0.305 e. The van der Waals surface area contributed by atoms with E-state index in [0.29, 0.717) is 49.5 Å². The minimum absolute atomic E-state index is 0.0476. The quantitative estimate of drug-likeness (QED) is 0.203. The highest BCUT2D eigenvalue weighted by atomic mass is 16.5. The average molecular weight is 475 g/mol. The van der Waals surface area contributed by atoms with Crippen LogP contribution in [0.1, 0.15) is 93.9 Å². The van der Waals surface area contributed by atoms with Crippen LogP contribution in [0.3, 0.4) is 0 Å². The summed E-state index contributed by atoms with van der Waals surface area (Å²) < 4.78 is 10.8. The molecule has 0 saturated carbocycles. The fraction of sp³-hybridized carbons (Fsp3) is 0.640. The molecule has 9 nitrogen and oxygen atoms in total. The molecule has 188 valence electrons. The van der Waals surface area contributed by atoms with Crippen molar-refractivity contribution in [2.45, 2.75) is 91.5 Å². The Hall–Kier alpha value is -2.97. The molecule has 0 aliphatic rings. The van der Waals surface area contributed by atoms with Gasteiger partial charge in [0, 0.05) is 18.4 Å². The summed E-state index contributed by atoms with van der Waals surface area (Å²) >= 11 is 0. The van der Waals surface area contributed by atoms with Crippen LogP contribution in [-0.4, -0.2) is 50.3 Å². The number of ether oxygens (including phenoxy) is 2. The summed E-state index contributed by atoms with van der Waals surface area (Å²) in [5, 5.41) is 23.0. The van der Waals surface area contributed by atoms with Gasteiger partial charge in [-0.25, -0.2) is 0 Å². The molecule has 0 saturated heterocycles. The summed E-state index contributed by atoms with van der Waals surface area (Å²) in [4.78, 5) is 24.6. The molecule has 0 fully saturated rings. The highest BCUT2D eigenvalue weighted by Crippen LogP contribution is 2.33. The normalized spacial score (nSPS) is 10.9. The summed E-state index contributed by atoms with van der Waals surface area (Å²) in [6.07, 6.45) is 8.22. The van der Waals surface area contributed by atoms with Gasteiger partial charge in [-0.15, -0.1) is 10.2 Å². The Morgan fingerprint density at radius 3 is 2.56 bits per heavy atom. The van der Waals surface area contributed by atoms with Crippen LogP contribution < -0.4 is 4.74 Å². The number of unbranched alkanes of at least 4 members (excludes halogenated alkanes) is 4. The van der Waals surface area contributed by atoms with E-state index in [0.717, 1.165) is 57.2 Å². The van der Waals surface area contributed by atoms with E-state index in [4.69, 9.17) is 9.47 Å². The zero-order valence-corrected chi connectivity index (χ0v) is 20.7. The zero-order chi connectivity index (χ0) is 24.8. The molecular weight excluding hydrogens is 436 g/mol. The lowest BCUT2D eigenvalue weighted by Crippen LogP contribution is -2.06. The molecule has 0 atom stereocenters. The molecule has 1 N–H and O–H groups in total. The Morgan fingerprint density at radius 1 is 1.03 bits per heavy atom. The van der Waals surface area contributed by atoms with E-state index < -0.39 is 0 Å². The first-order valence-electron chi connectivity index (χ1n) is 12.4. The standard InChI is InChI=1S/C25H38N4O5/c1-4-12-21-22(16-15-20(19(3)30)25(21)32)34-18-11-7-6-8-13-23-26-28-29(27-23)17-10-9-14-24(31)33-5-2/h15-16,32H,4-14,17-18H2,1-3H3. The number of esters is 1. The van der Waals surface area contributed by atoms with Crippen molar-refractivity contribution in [1.29, 1.82) is 0 Å². The van der Waals surface area contributed by atoms with Crippen molar-refractivity contribution in [2.75, 3.05) is 13.2 Å². The minimum Gasteiger partial charge on any atom is -0.507 e. The minimum atomic E-state index is -0.162. The van der Waals surface area contributed by atoms with E-state index >= 15 is 0 Å². The number of aromatic nitrogens is 4. The molecule has 0 bridgehead atoms. The Labute approximate surface area is 201 Å². The Bertz CT molecular complexity index is 913. The van der Waals surface area contributed by atoms with Crippen LogP contribution in [0, 0.1) is 0 Å². The van der Waals surface area contributed by atoms with Crippen molar-refractivity contribution in [3.05, 3.63) is 29.1 Å². The highest BCUT2D eigenvalue weighted by Gasteiger charge is 2.15. The van der Waals surface area contributed by atoms with E-state index in [1.54, 1.807) is 23.9 Å². The van der Waals surface area contributed by atoms with E-state index in [1.807, 2.05) is 6.92 Å². The highest BCUT2D eigenvalue weighted by molar-refractivity contribution is 5.97. The number of aryl methyl sites for hydroxylation is 2. The Balaban J connectivity index is 1.62. The number of ketones is 1. The predicted octanol–water partition coefficient (Wildman–Crippen LogP) is 4.45. The number of Topliss-reactive ketones (excluding diaryl/α,β-unsaturated/α-hetero) is 1. The van der Waals surface area contributed by atoms with Crippen LogP contribution in [0.15, 0.2) is 12.1 Å². The number of phenolic OH excluding ortho intramolecular Hbond substituents is 1. The maximum atomic E-state index is 11.7. The number of rotatable bonds is 17. The van der Waals surface area contributed by atoms with Gasteiger partial charge in [-0.05, 0) is 63.3 Å². The third-order valence-electron chi connectivity index (χ3n) is 5.46. The van der Waals surface area contributed by atoms with Gasteiger partial charge in [-0.3, -0.25) is 9.59 Å². The van der Waals surface area contributed by atoms with Crippen LogP contribution in [0.5, 0.6) is 11.5 Å². The van der Waals surface area contributed by atoms with Crippen LogP contribution in [0.25, 0.3) is 0 Å². The molecule has 1 aromatic carbocycles. The fourth-order valence-electron chi connectivity index (χ4n) is 3.68. The summed E-state index contributed by atoms with van der Waals surface area (Å²) in [7, 11) is 0. The smallest absolute Gasteiger partial charge is 0.305 e. The SMILES string of the molecule is CCCc1c(OCCCCCCc2nnn(CCCCC(=O)OCC)n2)ccc(C(C)=O)c1O. The Morgan fingerprint density at radius 2 is 1.82 bits per heavy atom. The van der Waals surface area contributed by atoms with Crippen LogP contribution in [-0.2, 0) is 28.9 Å². The van der Waals surface area contributed by atoms with E-state index in [1.165, 1.54) is 6.92 Å². The van der Waals surface area contributed by atoms with Crippen LogP contribution in [0.2, 0.25) is 0 Å². The molecule has 34 heavy (non-hydrogen) atoms. The molecule has 9 heteroatoms. The topological polar surface area (TPSA) is 116 Å². The molecule has 0 amide bonds. The molecule has 2 aromatic rings. The summed E-state index contributed by atoms with van der Waals surface area (Å²) in [5.41, 5.74) is 1.06. The zero-order valence-electron chi connectivity index (χ0n) is 20.7. The lowest BCUT2D eigenvalue weighted by Gasteiger charge is -2.14. The number of aromatic hydroxyl groups is 1. The molecule has 2 rings (SSSR count). The summed E-state index contributed by atoms with van der Waals surface area (Å²) in [5.74, 6) is 1.14. The fourth-order valence-corrected chi connectivity index (χ4v) is 3.68. The van der Waals surface area contributed by atoms with Gasteiger partial charge in [0.1, 0.15) is 11.5 Å². The predicted molar refractivity (Wildman–Crippen MR) is 128 cm³/mol. The number of hydrogen-bond donors (Lipinski definition) is 1. The molecule has 0 spiro atoms. The molecule has 1 heterocycles. The first-order valence-corrected chi connectivity index (χ1v) is 12.4. The molecular formula is C25H38N4O5. The van der Waals surface area contributed by atoms with Crippen molar-refractivity contribution in [1.82, 2.24) is 20.2 Å². The summed E-state index contributed by atoms with van der Waals surface area (Å²) in [6.45, 7) is 6.92. The second kappa shape index (κ2) is 15.0. The van der Waals surface area contributed by atoms with Gasteiger partial charge in [0.25, 0.3) is 0 Å². The second-order valence-corrected chi connectivity index (χ2v) is 8.32. The van der Waals surface area contributed by atoms with Crippen molar-refractivity contribution < 1.29 is 24.2 Å². The molecule has 0 unspecified atom stereocenters. The Kier molecular flexibility index (Phi) is 12.1. The number of hydrogen-bond acceptors (Lipinski definition) is 8. The van der Waals surface area contributed by atoms with Crippen molar-refractivity contribution in [3.63, 3.8) is 0 Å². The molecule has 1 aromatic heterocycles. The second-order valence-electron chi connectivity index (χ2n) is 8.32. The molecule has 0 aliphatic carbocycles. The average Bonchev–Trinajstić information content (AvgIpc) is 3.25. The summed E-state index contributed by atoms with van der Waals surface area (Å²) in [6, 6.07) is 3.42. The van der Waals surface area contributed by atoms with Gasteiger partial charge >= 0.3 is 5.97 Å². The number of benzene rings is 1. The van der Waals surface area contributed by atoms with Crippen molar-refractivity contribution in [3.8, 4) is 11.5 Å². The largest absolute Gasteiger partial charge is 0.507 e. The molecule has 0 radical (unpaired) electrons. The van der Waals surface area contributed by atoms with Gasteiger partial charge in [0.15, 0.2) is 11.6 Å². The third-order valence-corrected chi connectivity index (χ3v) is 5.46. The molecule has 0 aliphatic heterocycles. The van der Waals surface area contributed by atoms with E-state index in [2.05, 4.69) is 15.4 Å². The number of nitrogens with zero attached hydrogens (tertiary/aromatic N) is 4. The van der Waals surface area contributed by atoms with Crippen LogP contribution >= 0.6 is 0 Å². The van der Waals surface area contributed by atoms with Crippen molar-refractivity contribution >= 4 is 11.8 Å². The lowest BCUT2D eigenvalue weighted by atomic mass is 10.0. The first kappa shape index (κ1) is 27.3. The lowest BCUT2D eigenvalue weighted by molar-refractivity contribution is -0.143. The van der Waals surface area contributed by atoms with E-state index in [-0.39, 0.29) is 17.5 Å². The third kappa shape index (κ3) is 9.11.